The highest BCUT2D eigenvalue weighted by molar-refractivity contribution is 5.37. The van der Waals surface area contributed by atoms with Crippen LogP contribution in [-0.4, -0.2) is 68.2 Å². The molecule has 2 aromatic rings. The zero-order valence-electron chi connectivity index (χ0n) is 11.2. The van der Waals surface area contributed by atoms with Crippen molar-refractivity contribution in [1.82, 2.24) is 29.7 Å². The van der Waals surface area contributed by atoms with Crippen molar-refractivity contribution in [3.63, 3.8) is 0 Å². The highest BCUT2D eigenvalue weighted by atomic mass is 16.5. The van der Waals surface area contributed by atoms with Gasteiger partial charge in [0.25, 0.3) is 5.95 Å². The molecule has 0 fully saturated rings. The van der Waals surface area contributed by atoms with Gasteiger partial charge in [0.1, 0.15) is 12.7 Å². The summed E-state index contributed by atoms with van der Waals surface area (Å²) >= 11 is 0. The average molecular weight is 280 g/mol. The monoisotopic (exact) mass is 280 g/mol. The number of nitrogens with zero attached hydrogens (tertiary/aromatic N) is 6. The molecule has 20 heavy (non-hydrogen) atoms. The van der Waals surface area contributed by atoms with Crippen LogP contribution in [0.2, 0.25) is 0 Å². The van der Waals surface area contributed by atoms with Gasteiger partial charge in [0.05, 0.1) is 12.7 Å². The Bertz CT molecular complexity index is 532. The van der Waals surface area contributed by atoms with Gasteiger partial charge in [-0.2, -0.15) is 24.7 Å². The number of aromatic nitrogens is 6. The van der Waals surface area contributed by atoms with Crippen LogP contribution >= 0.6 is 0 Å². The molecule has 0 saturated carbocycles. The van der Waals surface area contributed by atoms with Crippen LogP contribution in [0.4, 0.5) is 11.9 Å². The van der Waals surface area contributed by atoms with E-state index in [9.17, 15) is 5.11 Å². The Morgan fingerprint density at radius 2 is 2.15 bits per heavy atom. The van der Waals surface area contributed by atoms with Gasteiger partial charge in [0.15, 0.2) is 0 Å². The van der Waals surface area contributed by atoms with E-state index in [1.165, 1.54) is 24.4 Å². The minimum atomic E-state index is -0.648. The topological polar surface area (TPSA) is 123 Å². The molecule has 1 atom stereocenters. The summed E-state index contributed by atoms with van der Waals surface area (Å²) in [5, 5.41) is 19.3. The van der Waals surface area contributed by atoms with Gasteiger partial charge in [0.2, 0.25) is 11.9 Å². The summed E-state index contributed by atoms with van der Waals surface area (Å²) < 4.78 is 6.26. The van der Waals surface area contributed by atoms with Gasteiger partial charge < -0.3 is 20.5 Å². The summed E-state index contributed by atoms with van der Waals surface area (Å²) in [7, 11) is 3.22. The van der Waals surface area contributed by atoms with Crippen molar-refractivity contribution in [2.45, 2.75) is 6.10 Å². The highest BCUT2D eigenvalue weighted by Gasteiger charge is 2.09. The SMILES string of the molecule is CNc1nc(NCC(O)COC)nc(-n2cncn2)n1. The molecule has 0 saturated heterocycles. The van der Waals surface area contributed by atoms with Gasteiger partial charge in [0, 0.05) is 20.7 Å². The first-order valence-corrected chi connectivity index (χ1v) is 5.92. The lowest BCUT2D eigenvalue weighted by Crippen LogP contribution is -2.25. The van der Waals surface area contributed by atoms with E-state index in [2.05, 4.69) is 35.7 Å². The van der Waals surface area contributed by atoms with Crippen LogP contribution in [0, 0.1) is 0 Å². The van der Waals surface area contributed by atoms with Gasteiger partial charge in [-0.25, -0.2) is 4.98 Å². The lowest BCUT2D eigenvalue weighted by atomic mass is 10.4. The smallest absolute Gasteiger partial charge is 0.258 e. The van der Waals surface area contributed by atoms with E-state index in [1.807, 2.05) is 0 Å². The highest BCUT2D eigenvalue weighted by Crippen LogP contribution is 2.07. The van der Waals surface area contributed by atoms with Crippen molar-refractivity contribution in [3.05, 3.63) is 12.7 Å². The third-order valence-electron chi connectivity index (χ3n) is 2.33. The van der Waals surface area contributed by atoms with Gasteiger partial charge in [-0.15, -0.1) is 0 Å². The Kier molecular flexibility index (Phi) is 4.74. The van der Waals surface area contributed by atoms with Crippen LogP contribution in [0.3, 0.4) is 0 Å². The van der Waals surface area contributed by atoms with Crippen LogP contribution in [0.5, 0.6) is 0 Å². The molecule has 0 radical (unpaired) electrons. The summed E-state index contributed by atoms with van der Waals surface area (Å²) in [6, 6.07) is 0. The Hall–Kier alpha value is -2.33. The zero-order chi connectivity index (χ0) is 14.4. The van der Waals surface area contributed by atoms with Crippen molar-refractivity contribution in [2.75, 3.05) is 37.9 Å². The minimum Gasteiger partial charge on any atom is -0.389 e. The molecule has 2 heterocycles. The van der Waals surface area contributed by atoms with Crippen LogP contribution in [-0.2, 0) is 4.74 Å². The zero-order valence-corrected chi connectivity index (χ0v) is 11.2. The fourth-order valence-electron chi connectivity index (χ4n) is 1.43. The molecule has 0 spiro atoms. The molecule has 10 nitrogen and oxygen atoms in total. The number of anilines is 2. The lowest BCUT2D eigenvalue weighted by Gasteiger charge is -2.11. The number of rotatable bonds is 7. The maximum absolute atomic E-state index is 9.59. The predicted octanol–water partition coefficient (Wildman–Crippen LogP) is -1.09. The molecular formula is C10H16N8O2. The molecule has 3 N–H and O–H groups in total. The lowest BCUT2D eigenvalue weighted by molar-refractivity contribution is 0.0726. The second kappa shape index (κ2) is 6.73. The quantitative estimate of drug-likeness (QED) is 0.580. The molecule has 0 aliphatic carbocycles. The average Bonchev–Trinajstić information content (AvgIpc) is 2.99. The first-order chi connectivity index (χ1) is 9.72. The van der Waals surface area contributed by atoms with E-state index in [1.54, 1.807) is 7.05 Å². The first-order valence-electron chi connectivity index (χ1n) is 5.92. The molecule has 0 bridgehead atoms. The second-order valence-corrected chi connectivity index (χ2v) is 3.86. The number of aliphatic hydroxyl groups excluding tert-OH is 1. The fourth-order valence-corrected chi connectivity index (χ4v) is 1.43. The van der Waals surface area contributed by atoms with Gasteiger partial charge in [-0.3, -0.25) is 0 Å². The van der Waals surface area contributed by atoms with Crippen LogP contribution in [0.15, 0.2) is 12.7 Å². The van der Waals surface area contributed by atoms with Gasteiger partial charge >= 0.3 is 0 Å². The summed E-state index contributed by atoms with van der Waals surface area (Å²) in [5.41, 5.74) is 0. The molecule has 2 rings (SSSR count). The Morgan fingerprint density at radius 3 is 2.80 bits per heavy atom. The van der Waals surface area contributed by atoms with Crippen molar-refractivity contribution >= 4 is 11.9 Å². The summed E-state index contributed by atoms with van der Waals surface area (Å²) in [5.74, 6) is 1.03. The maximum Gasteiger partial charge on any atom is 0.258 e. The van der Waals surface area contributed by atoms with E-state index in [-0.39, 0.29) is 13.2 Å². The fraction of sp³-hybridized carbons (Fsp3) is 0.500. The normalized spacial score (nSPS) is 12.2. The predicted molar refractivity (Wildman–Crippen MR) is 70.7 cm³/mol. The van der Waals surface area contributed by atoms with Crippen LogP contribution in [0.25, 0.3) is 5.95 Å². The number of aliphatic hydroxyl groups is 1. The largest absolute Gasteiger partial charge is 0.389 e. The van der Waals surface area contributed by atoms with Crippen molar-refractivity contribution in [2.24, 2.45) is 0 Å². The summed E-state index contributed by atoms with van der Waals surface area (Å²) in [6.45, 7) is 0.491. The van der Waals surface area contributed by atoms with Crippen molar-refractivity contribution in [1.29, 1.82) is 0 Å². The van der Waals surface area contributed by atoms with E-state index < -0.39 is 6.10 Å². The summed E-state index contributed by atoms with van der Waals surface area (Å²) in [6.07, 6.45) is 2.22. The molecule has 0 aliphatic rings. The number of nitrogens with one attached hydrogen (secondary N) is 2. The van der Waals surface area contributed by atoms with Crippen LogP contribution in [0.1, 0.15) is 0 Å². The van der Waals surface area contributed by atoms with Crippen molar-refractivity contribution < 1.29 is 9.84 Å². The second-order valence-electron chi connectivity index (χ2n) is 3.86. The molecule has 108 valence electrons. The van der Waals surface area contributed by atoms with E-state index in [0.29, 0.717) is 17.8 Å². The number of ether oxygens (including phenoxy) is 1. The molecule has 0 aromatic carbocycles. The molecular weight excluding hydrogens is 264 g/mol. The van der Waals surface area contributed by atoms with Crippen LogP contribution < -0.4 is 10.6 Å². The Balaban J connectivity index is 2.14. The number of hydrogen-bond acceptors (Lipinski definition) is 9. The third kappa shape index (κ3) is 3.59. The Morgan fingerprint density at radius 1 is 1.35 bits per heavy atom. The van der Waals surface area contributed by atoms with E-state index >= 15 is 0 Å². The molecule has 10 heteroatoms. The molecule has 0 aliphatic heterocycles. The van der Waals surface area contributed by atoms with E-state index in [4.69, 9.17) is 4.74 Å². The maximum atomic E-state index is 9.59. The minimum absolute atomic E-state index is 0.229. The molecule has 2 aromatic heterocycles. The molecule has 1 unspecified atom stereocenters. The van der Waals surface area contributed by atoms with E-state index in [0.717, 1.165) is 0 Å². The summed E-state index contributed by atoms with van der Waals surface area (Å²) in [4.78, 5) is 16.3. The Labute approximate surface area is 115 Å². The third-order valence-corrected chi connectivity index (χ3v) is 2.33. The first kappa shape index (κ1) is 14.1. The number of hydrogen-bond donors (Lipinski definition) is 3. The standard InChI is InChI=1S/C10H16N8O2/c1-11-8-15-9(13-3-7(19)4-20-2)17-10(16-8)18-6-12-5-14-18/h5-7,19H,3-4H2,1-2H3,(H2,11,13,15,16,17). The number of methoxy groups -OCH3 is 1. The van der Waals surface area contributed by atoms with Crippen molar-refractivity contribution in [3.8, 4) is 5.95 Å². The van der Waals surface area contributed by atoms with Gasteiger partial charge in [-0.1, -0.05) is 0 Å². The molecule has 0 amide bonds. The van der Waals surface area contributed by atoms with Gasteiger partial charge in [-0.05, 0) is 0 Å².